The Morgan fingerprint density at radius 1 is 0.392 bits per heavy atom. The number of benzene rings is 2. The zero-order chi connectivity index (χ0) is 35.7. The van der Waals surface area contributed by atoms with E-state index < -0.39 is 0 Å². The first-order chi connectivity index (χ1) is 24.7. The zero-order valence-electron chi connectivity index (χ0n) is 33.5. The molecule has 0 bridgehead atoms. The first kappa shape index (κ1) is 46.9. The fraction of sp³-hybridized carbons (Fsp3) is 0.625. The third-order valence-corrected chi connectivity index (χ3v) is 9.75. The summed E-state index contributed by atoms with van der Waals surface area (Å²) in [5, 5.41) is 0. The summed E-state index contributed by atoms with van der Waals surface area (Å²) in [6, 6.07) is 17.6. The average molecular weight is 788 g/mol. The second kappa shape index (κ2) is 33.7. The summed E-state index contributed by atoms with van der Waals surface area (Å²) in [5.74, 6) is 0. The van der Waals surface area contributed by atoms with Gasteiger partial charge in [-0.2, -0.15) is 0 Å². The van der Waals surface area contributed by atoms with Crippen LogP contribution in [-0.4, -0.2) is 11.4 Å². The van der Waals surface area contributed by atoms with Crippen molar-refractivity contribution in [1.29, 1.82) is 0 Å². The minimum atomic E-state index is 0. The number of allylic oxidation sites excluding steroid dienone is 2. The Morgan fingerprint density at radius 2 is 0.706 bits per heavy atom. The van der Waals surface area contributed by atoms with Crippen LogP contribution in [0.1, 0.15) is 206 Å². The van der Waals surface area contributed by atoms with Crippen LogP contribution in [0, 0.1) is 0 Å². The van der Waals surface area contributed by atoms with Crippen molar-refractivity contribution in [2.45, 2.75) is 195 Å². The van der Waals surface area contributed by atoms with Gasteiger partial charge < -0.3 is 0 Å². The molecule has 3 heteroatoms. The summed E-state index contributed by atoms with van der Waals surface area (Å²) in [7, 11) is 0. The molecule has 0 saturated heterocycles. The molecule has 0 radical (unpaired) electrons. The second-order valence-corrected chi connectivity index (χ2v) is 14.5. The Morgan fingerprint density at radius 3 is 1.08 bits per heavy atom. The smallest absolute Gasteiger partial charge is 0.0634 e. The molecular weight excluding hydrogens is 711 g/mol. The molecule has 0 spiro atoms. The number of rotatable bonds is 31. The predicted molar refractivity (Wildman–Crippen MR) is 228 cm³/mol. The van der Waals surface area contributed by atoms with Gasteiger partial charge in [-0.3, -0.25) is 9.98 Å². The van der Waals surface area contributed by atoms with Crippen molar-refractivity contribution in [2.75, 3.05) is 0 Å². The van der Waals surface area contributed by atoms with Crippen LogP contribution in [0.5, 0.6) is 0 Å². The molecule has 0 aliphatic heterocycles. The van der Waals surface area contributed by atoms with Gasteiger partial charge in [0.2, 0.25) is 0 Å². The maximum Gasteiger partial charge on any atom is 0.0634 e. The van der Waals surface area contributed by atoms with E-state index in [4.69, 9.17) is 9.98 Å². The molecule has 0 saturated carbocycles. The molecule has 0 heterocycles. The van der Waals surface area contributed by atoms with Crippen molar-refractivity contribution in [3.8, 4) is 0 Å². The Balaban J connectivity index is 0.0000130. The fourth-order valence-corrected chi connectivity index (χ4v) is 6.46. The van der Waals surface area contributed by atoms with E-state index in [1.165, 1.54) is 158 Å². The van der Waals surface area contributed by atoms with E-state index >= 15 is 0 Å². The number of nitrogens with zero attached hydrogens (tertiary/aromatic N) is 2. The van der Waals surface area contributed by atoms with E-state index in [0.717, 1.165) is 42.8 Å². The van der Waals surface area contributed by atoms with Crippen molar-refractivity contribution >= 4 is 35.0 Å². The van der Waals surface area contributed by atoms with Gasteiger partial charge in [0.05, 0.1) is 22.8 Å². The van der Waals surface area contributed by atoms with Crippen molar-refractivity contribution < 1.29 is 20.4 Å². The Hall–Kier alpha value is -2.08. The van der Waals surface area contributed by atoms with Crippen molar-refractivity contribution in [1.82, 2.24) is 0 Å². The first-order valence-corrected chi connectivity index (χ1v) is 21.4. The zero-order valence-corrected chi connectivity index (χ0v) is 35.1. The summed E-state index contributed by atoms with van der Waals surface area (Å²) in [6.45, 7) is 9.13. The molecule has 0 atom stereocenters. The van der Waals surface area contributed by atoms with Crippen molar-refractivity contribution in [2.24, 2.45) is 9.98 Å². The summed E-state index contributed by atoms with van der Waals surface area (Å²) in [4.78, 5) is 10.5. The largest absolute Gasteiger partial charge is 0.252 e. The van der Waals surface area contributed by atoms with Crippen LogP contribution in [-0.2, 0) is 20.4 Å². The van der Waals surface area contributed by atoms with Crippen LogP contribution in [0.15, 0.2) is 70.7 Å². The van der Waals surface area contributed by atoms with Gasteiger partial charge in [-0.25, -0.2) is 0 Å². The van der Waals surface area contributed by atoms with Crippen LogP contribution >= 0.6 is 0 Å². The van der Waals surface area contributed by atoms with E-state index in [9.17, 15) is 0 Å². The van der Waals surface area contributed by atoms with Crippen LogP contribution in [0.4, 0.5) is 11.4 Å². The molecule has 2 aromatic carbocycles. The molecule has 0 aliphatic carbocycles. The average Bonchev–Trinajstić information content (AvgIpc) is 3.14. The fourth-order valence-electron chi connectivity index (χ4n) is 6.46. The van der Waals surface area contributed by atoms with Gasteiger partial charge in [-0.05, 0) is 86.8 Å². The van der Waals surface area contributed by atoms with Crippen LogP contribution in [0.3, 0.4) is 0 Å². The summed E-state index contributed by atoms with van der Waals surface area (Å²) in [6.07, 6.45) is 42.8. The summed E-state index contributed by atoms with van der Waals surface area (Å²) >= 11 is 0. The molecular formula is C48H76N2Pd. The normalized spacial score (nSPS) is 12.3. The topological polar surface area (TPSA) is 24.7 Å². The molecule has 0 fully saturated rings. The van der Waals surface area contributed by atoms with Crippen LogP contribution in [0.25, 0.3) is 12.2 Å². The van der Waals surface area contributed by atoms with Gasteiger partial charge >= 0.3 is 0 Å². The minimum Gasteiger partial charge on any atom is -0.252 e. The molecule has 0 aromatic heterocycles. The maximum atomic E-state index is 5.26. The maximum absolute atomic E-state index is 5.26. The minimum absolute atomic E-state index is 0. The molecule has 0 amide bonds. The van der Waals surface area contributed by atoms with Gasteiger partial charge in [0.25, 0.3) is 0 Å². The Bertz CT molecular complexity index is 1190. The summed E-state index contributed by atoms with van der Waals surface area (Å²) in [5.41, 5.74) is 6.93. The van der Waals surface area contributed by atoms with Gasteiger partial charge in [0, 0.05) is 20.4 Å². The Labute approximate surface area is 330 Å². The number of aliphatic imine (C=N–C) groups is 2. The molecule has 0 aliphatic rings. The standard InChI is InChI=1S/C48H76N2.Pd/c1-5-9-13-16-18-20-22-24-26-28-31-43-35-39-45(40-36-43)49-47(33-12-8-4)48(34-30-15-11-7-3)50-46-41-37-44(38-42-46)32-29-27-25-23-21-19-17-14-10-6-2;/h28-29,31-32,35-42H,5-27,30,33-34H2,1-4H3;. The van der Waals surface area contributed by atoms with Gasteiger partial charge in [-0.1, -0.05) is 192 Å². The molecule has 2 nitrogen and oxygen atoms in total. The third kappa shape index (κ3) is 24.7. The van der Waals surface area contributed by atoms with E-state index in [1.54, 1.807) is 0 Å². The molecule has 2 rings (SSSR count). The van der Waals surface area contributed by atoms with Crippen molar-refractivity contribution in [3.05, 3.63) is 71.8 Å². The predicted octanol–water partition coefficient (Wildman–Crippen LogP) is 16.8. The van der Waals surface area contributed by atoms with Crippen molar-refractivity contribution in [3.63, 3.8) is 0 Å². The second-order valence-electron chi connectivity index (χ2n) is 14.5. The molecule has 0 N–H and O–H groups in total. The van der Waals surface area contributed by atoms with E-state index in [2.05, 4.69) is 101 Å². The quantitative estimate of drug-likeness (QED) is 0.0413. The van der Waals surface area contributed by atoms with E-state index in [1.807, 2.05) is 0 Å². The molecule has 51 heavy (non-hydrogen) atoms. The van der Waals surface area contributed by atoms with E-state index in [0.29, 0.717) is 0 Å². The SMILES string of the molecule is CCCCCCCCCCC=Cc1ccc(N=C(CCCC)C(CCCCCC)=Nc2ccc(C=CCCCCCCCCCC)cc2)cc1.[Pd]. The first-order valence-electron chi connectivity index (χ1n) is 21.4. The van der Waals surface area contributed by atoms with E-state index in [-0.39, 0.29) is 20.4 Å². The molecule has 2 aromatic rings. The van der Waals surface area contributed by atoms with Crippen LogP contribution in [0.2, 0.25) is 0 Å². The number of hydrogen-bond acceptors (Lipinski definition) is 2. The van der Waals surface area contributed by atoms with Gasteiger partial charge in [0.1, 0.15) is 0 Å². The Kier molecular flexibility index (Phi) is 31.1. The molecule has 0 unspecified atom stereocenters. The summed E-state index contributed by atoms with van der Waals surface area (Å²) < 4.78 is 0. The molecule has 288 valence electrons. The number of unbranched alkanes of at least 4 members (excludes halogenated alkanes) is 20. The van der Waals surface area contributed by atoms with Crippen LogP contribution < -0.4 is 0 Å². The number of hydrogen-bond donors (Lipinski definition) is 0. The third-order valence-electron chi connectivity index (χ3n) is 9.75. The van der Waals surface area contributed by atoms with Gasteiger partial charge in [0.15, 0.2) is 0 Å². The monoisotopic (exact) mass is 787 g/mol. The van der Waals surface area contributed by atoms with Gasteiger partial charge in [-0.15, -0.1) is 0 Å².